The molecule has 0 bridgehead atoms. The number of ether oxygens (including phenoxy) is 2. The Morgan fingerprint density at radius 2 is 1.69 bits per heavy atom. The lowest BCUT2D eigenvalue weighted by Gasteiger charge is -2.08. The van der Waals surface area contributed by atoms with Crippen molar-refractivity contribution in [2.45, 2.75) is 19.8 Å². The third-order valence-corrected chi connectivity index (χ3v) is 4.71. The van der Waals surface area contributed by atoms with Crippen molar-refractivity contribution in [1.82, 2.24) is 5.43 Å². The van der Waals surface area contributed by atoms with Gasteiger partial charge in [-0.2, -0.15) is 5.10 Å². The first-order chi connectivity index (χ1) is 15.4. The van der Waals surface area contributed by atoms with Crippen LogP contribution in [0.2, 0.25) is 5.02 Å². The summed E-state index contributed by atoms with van der Waals surface area (Å²) in [5.41, 5.74) is 4.70. The molecule has 164 valence electrons. The van der Waals surface area contributed by atoms with Gasteiger partial charge >= 0.3 is 5.97 Å². The number of halogens is 1. The number of nitrogens with one attached hydrogen (secondary N) is 1. The van der Waals surface area contributed by atoms with Gasteiger partial charge in [-0.15, -0.1) is 0 Å². The van der Waals surface area contributed by atoms with Gasteiger partial charge in [-0.1, -0.05) is 43.6 Å². The molecule has 6 nitrogen and oxygen atoms in total. The Hall–Kier alpha value is -3.64. The van der Waals surface area contributed by atoms with Crippen LogP contribution in [0.15, 0.2) is 77.9 Å². The monoisotopic (exact) mass is 450 g/mol. The van der Waals surface area contributed by atoms with E-state index in [1.807, 2.05) is 24.3 Å². The second-order valence-electron chi connectivity index (χ2n) is 7.27. The average Bonchev–Trinajstić information content (AvgIpc) is 2.79. The zero-order chi connectivity index (χ0) is 22.9. The number of carbonyl (C=O) groups excluding carboxylic acids is 2. The summed E-state index contributed by atoms with van der Waals surface area (Å²) in [5.74, 6) is 0.566. The summed E-state index contributed by atoms with van der Waals surface area (Å²) in [6, 6.07) is 20.9. The normalized spacial score (nSPS) is 10.9. The third kappa shape index (κ3) is 6.96. The van der Waals surface area contributed by atoms with E-state index >= 15 is 0 Å². The van der Waals surface area contributed by atoms with Crippen molar-refractivity contribution in [1.29, 1.82) is 0 Å². The summed E-state index contributed by atoms with van der Waals surface area (Å²) < 4.78 is 10.8. The molecular formula is C25H23ClN2O4. The Labute approximate surface area is 191 Å². The lowest BCUT2D eigenvalue weighted by molar-refractivity contribution is -0.123. The predicted octanol–water partition coefficient (Wildman–Crippen LogP) is 5.21. The van der Waals surface area contributed by atoms with Gasteiger partial charge in [0.2, 0.25) is 0 Å². The molecule has 0 unspecified atom stereocenters. The number of hydrogen-bond acceptors (Lipinski definition) is 5. The molecule has 0 saturated carbocycles. The van der Waals surface area contributed by atoms with Gasteiger partial charge in [0.25, 0.3) is 5.91 Å². The lowest BCUT2D eigenvalue weighted by atomic mass is 10.0. The molecule has 0 aromatic heterocycles. The summed E-state index contributed by atoms with van der Waals surface area (Å²) >= 11 is 5.89. The SMILES string of the molecule is CC(C)c1ccc(OCC(=O)NN=Cc2ccc(OC(=O)c3cccc(Cl)c3)cc2)cc1. The standard InChI is InChI=1S/C25H23ClN2O4/c1-17(2)19-8-12-22(13-9-19)31-16-24(29)28-27-15-18-6-10-23(11-7-18)32-25(30)20-4-3-5-21(26)14-20/h3-15,17H,16H2,1-2H3,(H,28,29). The van der Waals surface area contributed by atoms with Gasteiger partial charge in [-0.05, 0) is 71.6 Å². The highest BCUT2D eigenvalue weighted by Gasteiger charge is 2.09. The number of amides is 1. The van der Waals surface area contributed by atoms with E-state index in [0.29, 0.717) is 28.0 Å². The molecule has 32 heavy (non-hydrogen) atoms. The number of benzene rings is 3. The maximum atomic E-state index is 12.1. The second-order valence-corrected chi connectivity index (χ2v) is 7.71. The molecule has 3 aromatic carbocycles. The second kappa shape index (κ2) is 11.1. The van der Waals surface area contributed by atoms with Gasteiger partial charge in [-0.25, -0.2) is 10.2 Å². The maximum Gasteiger partial charge on any atom is 0.343 e. The molecule has 0 aliphatic rings. The highest BCUT2D eigenvalue weighted by Crippen LogP contribution is 2.18. The highest BCUT2D eigenvalue weighted by molar-refractivity contribution is 6.30. The van der Waals surface area contributed by atoms with E-state index in [9.17, 15) is 9.59 Å². The molecule has 0 atom stereocenters. The van der Waals surface area contributed by atoms with Gasteiger partial charge in [0.15, 0.2) is 6.61 Å². The van der Waals surface area contributed by atoms with E-state index < -0.39 is 5.97 Å². The molecule has 0 aliphatic heterocycles. The Balaban J connectivity index is 1.45. The van der Waals surface area contributed by atoms with E-state index in [4.69, 9.17) is 21.1 Å². The molecule has 7 heteroatoms. The Morgan fingerprint density at radius 3 is 2.34 bits per heavy atom. The molecule has 0 saturated heterocycles. The number of carbonyl (C=O) groups is 2. The van der Waals surface area contributed by atoms with Crippen molar-refractivity contribution in [3.8, 4) is 11.5 Å². The van der Waals surface area contributed by atoms with Crippen LogP contribution in [-0.4, -0.2) is 24.7 Å². The van der Waals surface area contributed by atoms with Crippen LogP contribution in [0.3, 0.4) is 0 Å². The highest BCUT2D eigenvalue weighted by atomic mass is 35.5. The Morgan fingerprint density at radius 1 is 1.00 bits per heavy atom. The van der Waals surface area contributed by atoms with E-state index in [0.717, 1.165) is 5.56 Å². The first kappa shape index (κ1) is 23.0. The molecule has 3 rings (SSSR count). The molecule has 3 aromatic rings. The third-order valence-electron chi connectivity index (χ3n) is 4.47. The molecule has 0 aliphatic carbocycles. The van der Waals surface area contributed by atoms with Crippen molar-refractivity contribution < 1.29 is 19.1 Å². The van der Waals surface area contributed by atoms with Crippen LogP contribution < -0.4 is 14.9 Å². The van der Waals surface area contributed by atoms with Gasteiger partial charge in [0.05, 0.1) is 11.8 Å². The number of rotatable bonds is 8. The molecule has 0 spiro atoms. The molecule has 0 heterocycles. The summed E-state index contributed by atoms with van der Waals surface area (Å²) in [4.78, 5) is 24.0. The van der Waals surface area contributed by atoms with Crippen molar-refractivity contribution in [2.75, 3.05) is 6.61 Å². The molecule has 0 fully saturated rings. The minimum atomic E-state index is -0.500. The van der Waals surface area contributed by atoms with Crippen LogP contribution in [-0.2, 0) is 4.79 Å². The molecule has 0 radical (unpaired) electrons. The molecular weight excluding hydrogens is 428 g/mol. The van der Waals surface area contributed by atoms with Crippen molar-refractivity contribution in [3.63, 3.8) is 0 Å². The quantitative estimate of drug-likeness (QED) is 0.221. The van der Waals surface area contributed by atoms with Crippen LogP contribution >= 0.6 is 11.6 Å². The summed E-state index contributed by atoms with van der Waals surface area (Å²) in [6.07, 6.45) is 1.48. The zero-order valence-corrected chi connectivity index (χ0v) is 18.5. The minimum Gasteiger partial charge on any atom is -0.484 e. The van der Waals surface area contributed by atoms with Gasteiger partial charge in [0, 0.05) is 5.02 Å². The Kier molecular flexibility index (Phi) is 8.00. The van der Waals surface area contributed by atoms with Crippen molar-refractivity contribution in [3.05, 3.63) is 94.5 Å². The maximum absolute atomic E-state index is 12.1. The van der Waals surface area contributed by atoms with Crippen LogP contribution in [0, 0.1) is 0 Å². The van der Waals surface area contributed by atoms with Gasteiger partial charge < -0.3 is 9.47 Å². The van der Waals surface area contributed by atoms with Gasteiger partial charge in [0.1, 0.15) is 11.5 Å². The topological polar surface area (TPSA) is 77.0 Å². The van der Waals surface area contributed by atoms with Crippen LogP contribution in [0.5, 0.6) is 11.5 Å². The number of nitrogens with zero attached hydrogens (tertiary/aromatic N) is 1. The van der Waals surface area contributed by atoms with E-state index in [1.54, 1.807) is 42.5 Å². The van der Waals surface area contributed by atoms with E-state index in [2.05, 4.69) is 24.4 Å². The van der Waals surface area contributed by atoms with Crippen molar-refractivity contribution in [2.24, 2.45) is 5.10 Å². The van der Waals surface area contributed by atoms with E-state index in [1.165, 1.54) is 17.8 Å². The van der Waals surface area contributed by atoms with Crippen molar-refractivity contribution >= 4 is 29.7 Å². The summed E-state index contributed by atoms with van der Waals surface area (Å²) in [6.45, 7) is 4.09. The van der Waals surface area contributed by atoms with Crippen LogP contribution in [0.1, 0.15) is 41.3 Å². The number of hydrogen-bond donors (Lipinski definition) is 1. The number of hydrazone groups is 1. The molecule has 1 N–H and O–H groups in total. The first-order valence-electron chi connectivity index (χ1n) is 10.0. The lowest BCUT2D eigenvalue weighted by Crippen LogP contribution is -2.24. The van der Waals surface area contributed by atoms with Gasteiger partial charge in [-0.3, -0.25) is 4.79 Å². The predicted molar refractivity (Wildman–Crippen MR) is 125 cm³/mol. The average molecular weight is 451 g/mol. The summed E-state index contributed by atoms with van der Waals surface area (Å²) in [5, 5.41) is 4.37. The fraction of sp³-hybridized carbons (Fsp3) is 0.160. The first-order valence-corrected chi connectivity index (χ1v) is 10.4. The Bertz CT molecular complexity index is 1090. The minimum absolute atomic E-state index is 0.142. The molecule has 1 amide bonds. The number of esters is 1. The summed E-state index contributed by atoms with van der Waals surface area (Å²) in [7, 11) is 0. The van der Waals surface area contributed by atoms with Crippen LogP contribution in [0.25, 0.3) is 0 Å². The fourth-order valence-corrected chi connectivity index (χ4v) is 2.90. The zero-order valence-electron chi connectivity index (χ0n) is 17.7. The largest absolute Gasteiger partial charge is 0.484 e. The van der Waals surface area contributed by atoms with Crippen LogP contribution in [0.4, 0.5) is 0 Å². The fourth-order valence-electron chi connectivity index (χ4n) is 2.71. The van der Waals surface area contributed by atoms with E-state index in [-0.39, 0.29) is 12.5 Å². The smallest absolute Gasteiger partial charge is 0.343 e.